The Bertz CT molecular complexity index is 1660. The van der Waals surface area contributed by atoms with Gasteiger partial charge in [-0.3, -0.25) is 4.72 Å². The van der Waals surface area contributed by atoms with E-state index in [0.717, 1.165) is 46.4 Å². The molecule has 0 saturated heterocycles. The van der Waals surface area contributed by atoms with Crippen molar-refractivity contribution >= 4 is 48.7 Å². The third-order valence-electron chi connectivity index (χ3n) is 5.42. The smallest absolute Gasteiger partial charge is 0.238 e. The van der Waals surface area contributed by atoms with Gasteiger partial charge in [-0.05, 0) is 60.4 Å². The molecule has 0 radical (unpaired) electrons. The number of aryl methyl sites for hydroxylation is 2. The number of thiophene rings is 1. The second kappa shape index (κ2) is 8.72. The van der Waals surface area contributed by atoms with Crippen molar-refractivity contribution in [3.05, 3.63) is 71.2 Å². The number of hydrogen-bond acceptors (Lipinski definition) is 8. The lowest BCUT2D eigenvalue weighted by atomic mass is 9.96. The van der Waals surface area contributed by atoms with Gasteiger partial charge in [-0.2, -0.15) is 0 Å². The quantitative estimate of drug-likeness (QED) is 0.346. The van der Waals surface area contributed by atoms with Gasteiger partial charge in [0.05, 0.1) is 16.8 Å². The average molecular weight is 528 g/mol. The molecule has 4 aromatic rings. The van der Waals surface area contributed by atoms with Crippen molar-refractivity contribution in [1.29, 1.82) is 0 Å². The van der Waals surface area contributed by atoms with Crippen LogP contribution in [0.15, 0.2) is 65.7 Å². The van der Waals surface area contributed by atoms with Crippen LogP contribution in [0.5, 0.6) is 0 Å². The minimum atomic E-state index is -3.83. The molecule has 180 valence electrons. The van der Waals surface area contributed by atoms with Crippen LogP contribution < -0.4 is 15.2 Å². The minimum absolute atomic E-state index is 0.00202. The molecular weight excluding hydrogens is 506 g/mol. The van der Waals surface area contributed by atoms with E-state index in [-0.39, 0.29) is 4.90 Å². The zero-order valence-corrected chi connectivity index (χ0v) is 21.0. The first-order valence-corrected chi connectivity index (χ1v) is 14.8. The molecule has 2 aromatic heterocycles. The van der Waals surface area contributed by atoms with Crippen LogP contribution in [0.3, 0.4) is 0 Å². The van der Waals surface area contributed by atoms with Crippen molar-refractivity contribution in [2.45, 2.75) is 17.7 Å². The van der Waals surface area contributed by atoms with Gasteiger partial charge < -0.3 is 5.32 Å². The molecule has 2 aromatic carbocycles. The fourth-order valence-corrected chi connectivity index (χ4v) is 6.19. The summed E-state index contributed by atoms with van der Waals surface area (Å²) >= 11 is 1.65. The van der Waals surface area contributed by atoms with Crippen molar-refractivity contribution in [1.82, 2.24) is 9.97 Å². The maximum Gasteiger partial charge on any atom is 0.238 e. The maximum atomic E-state index is 11.7. The molecule has 12 heteroatoms. The van der Waals surface area contributed by atoms with E-state index in [9.17, 15) is 16.8 Å². The van der Waals surface area contributed by atoms with Crippen LogP contribution >= 0.6 is 11.3 Å². The third kappa shape index (κ3) is 5.20. The standard InChI is InChI=1S/C23H21N5O4S3/c1-34(29,30)28-17-6-2-4-14(10-17)21-12-19-20(33-21)9-8-15-13-25-23(27-22(15)19)26-16-5-3-7-18(11-16)35(24,31)32/h2-7,10-13,28H,8-9H2,1H3,(H2,24,31,32)(H,25,26,27). The summed E-state index contributed by atoms with van der Waals surface area (Å²) in [4.78, 5) is 11.3. The Balaban J connectivity index is 1.47. The molecule has 0 fully saturated rings. The Morgan fingerprint density at radius 2 is 1.74 bits per heavy atom. The highest BCUT2D eigenvalue weighted by molar-refractivity contribution is 7.92. The first-order chi connectivity index (χ1) is 16.5. The van der Waals surface area contributed by atoms with E-state index in [4.69, 9.17) is 10.1 Å². The number of benzene rings is 2. The fourth-order valence-electron chi connectivity index (χ4n) is 3.92. The lowest BCUT2D eigenvalue weighted by Crippen LogP contribution is -2.12. The number of aromatic nitrogens is 2. The summed E-state index contributed by atoms with van der Waals surface area (Å²) < 4.78 is 49.1. The van der Waals surface area contributed by atoms with Crippen molar-refractivity contribution < 1.29 is 16.8 Å². The van der Waals surface area contributed by atoms with E-state index in [2.05, 4.69) is 21.1 Å². The first-order valence-electron chi connectivity index (χ1n) is 10.5. The van der Waals surface area contributed by atoms with Crippen LogP contribution in [0.2, 0.25) is 0 Å². The molecule has 2 heterocycles. The van der Waals surface area contributed by atoms with E-state index < -0.39 is 20.0 Å². The van der Waals surface area contributed by atoms with E-state index in [0.29, 0.717) is 17.3 Å². The van der Waals surface area contributed by atoms with Crippen LogP contribution in [-0.4, -0.2) is 33.1 Å². The fraction of sp³-hybridized carbons (Fsp3) is 0.130. The van der Waals surface area contributed by atoms with Crippen molar-refractivity contribution in [2.75, 3.05) is 16.3 Å². The summed E-state index contributed by atoms with van der Waals surface area (Å²) in [6.07, 6.45) is 4.57. The number of nitrogens with zero attached hydrogens (tertiary/aromatic N) is 2. The second-order valence-electron chi connectivity index (χ2n) is 8.17. The highest BCUT2D eigenvalue weighted by atomic mass is 32.2. The molecule has 0 amide bonds. The van der Waals surface area contributed by atoms with Gasteiger partial charge in [0.15, 0.2) is 0 Å². The number of sulfonamides is 2. The zero-order valence-electron chi connectivity index (χ0n) is 18.5. The van der Waals surface area contributed by atoms with Gasteiger partial charge in [0, 0.05) is 32.9 Å². The van der Waals surface area contributed by atoms with Gasteiger partial charge in [-0.25, -0.2) is 31.9 Å². The van der Waals surface area contributed by atoms with Crippen LogP contribution in [0.1, 0.15) is 10.4 Å². The molecule has 1 aliphatic carbocycles. The van der Waals surface area contributed by atoms with E-state index >= 15 is 0 Å². The summed E-state index contributed by atoms with van der Waals surface area (Å²) in [5.41, 5.74) is 4.78. The molecule has 0 atom stereocenters. The summed E-state index contributed by atoms with van der Waals surface area (Å²) in [7, 11) is -7.20. The molecule has 0 bridgehead atoms. The van der Waals surface area contributed by atoms with E-state index in [1.54, 1.807) is 35.7 Å². The predicted molar refractivity (Wildman–Crippen MR) is 138 cm³/mol. The largest absolute Gasteiger partial charge is 0.324 e. The zero-order chi connectivity index (χ0) is 24.8. The normalized spacial score (nSPS) is 13.1. The van der Waals surface area contributed by atoms with Crippen LogP contribution in [0.25, 0.3) is 21.7 Å². The molecule has 4 N–H and O–H groups in total. The Labute approximate surface area is 207 Å². The predicted octanol–water partition coefficient (Wildman–Crippen LogP) is 3.73. The Morgan fingerprint density at radius 1 is 0.971 bits per heavy atom. The van der Waals surface area contributed by atoms with E-state index in [1.807, 2.05) is 18.2 Å². The van der Waals surface area contributed by atoms with Gasteiger partial charge in [0.2, 0.25) is 26.0 Å². The summed E-state index contributed by atoms with van der Waals surface area (Å²) in [5.74, 6) is 0.343. The van der Waals surface area contributed by atoms with Gasteiger partial charge in [0.1, 0.15) is 0 Å². The maximum absolute atomic E-state index is 11.7. The van der Waals surface area contributed by atoms with Crippen molar-refractivity contribution in [2.24, 2.45) is 5.14 Å². The second-order valence-corrected chi connectivity index (χ2v) is 12.6. The minimum Gasteiger partial charge on any atom is -0.324 e. The molecule has 0 saturated carbocycles. The number of nitrogens with two attached hydrogens (primary N) is 1. The number of hydrogen-bond donors (Lipinski definition) is 3. The SMILES string of the molecule is CS(=O)(=O)Nc1cccc(-c2cc3c(s2)CCc2cnc(Nc4cccc(S(N)(=O)=O)c4)nc2-3)c1. The van der Waals surface area contributed by atoms with Crippen LogP contribution in [0, 0.1) is 0 Å². The number of rotatable bonds is 6. The monoisotopic (exact) mass is 527 g/mol. The van der Waals surface area contributed by atoms with Gasteiger partial charge >= 0.3 is 0 Å². The highest BCUT2D eigenvalue weighted by Crippen LogP contribution is 2.42. The van der Waals surface area contributed by atoms with Gasteiger partial charge in [-0.1, -0.05) is 18.2 Å². The first kappa shape index (κ1) is 23.4. The Hall–Kier alpha value is -3.32. The van der Waals surface area contributed by atoms with Crippen molar-refractivity contribution in [3.8, 4) is 21.7 Å². The number of anilines is 3. The van der Waals surface area contributed by atoms with Crippen LogP contribution in [-0.2, 0) is 32.9 Å². The Kier molecular flexibility index (Phi) is 5.83. The highest BCUT2D eigenvalue weighted by Gasteiger charge is 2.22. The molecule has 1 aliphatic rings. The van der Waals surface area contributed by atoms with Crippen LogP contribution in [0.4, 0.5) is 17.3 Å². The topological polar surface area (TPSA) is 144 Å². The number of primary sulfonamides is 1. The molecular formula is C23H21N5O4S3. The number of fused-ring (bicyclic) bond motifs is 3. The number of nitrogens with one attached hydrogen (secondary N) is 2. The van der Waals surface area contributed by atoms with Crippen molar-refractivity contribution in [3.63, 3.8) is 0 Å². The molecule has 0 unspecified atom stereocenters. The van der Waals surface area contributed by atoms with Gasteiger partial charge in [-0.15, -0.1) is 11.3 Å². The lowest BCUT2D eigenvalue weighted by Gasteiger charge is -2.16. The molecule has 35 heavy (non-hydrogen) atoms. The lowest BCUT2D eigenvalue weighted by molar-refractivity contribution is 0.597. The third-order valence-corrected chi connectivity index (χ3v) is 8.18. The molecule has 9 nitrogen and oxygen atoms in total. The Morgan fingerprint density at radius 3 is 2.51 bits per heavy atom. The van der Waals surface area contributed by atoms with Gasteiger partial charge in [0.25, 0.3) is 0 Å². The summed E-state index contributed by atoms with van der Waals surface area (Å²) in [6, 6.07) is 15.5. The molecule has 5 rings (SSSR count). The molecule has 0 spiro atoms. The average Bonchev–Trinajstić information content (AvgIpc) is 3.23. The molecule has 0 aliphatic heterocycles. The summed E-state index contributed by atoms with van der Waals surface area (Å²) in [5, 5.41) is 8.29. The van der Waals surface area contributed by atoms with E-state index in [1.165, 1.54) is 17.0 Å². The summed E-state index contributed by atoms with van der Waals surface area (Å²) in [6.45, 7) is 0.